The fourth-order valence-corrected chi connectivity index (χ4v) is 8.09. The van der Waals surface area contributed by atoms with E-state index >= 15 is 4.39 Å². The molecule has 1 N–H and O–H groups in total. The van der Waals surface area contributed by atoms with Gasteiger partial charge in [0.1, 0.15) is 41.4 Å². The van der Waals surface area contributed by atoms with Crippen LogP contribution in [0.5, 0.6) is 11.8 Å². The summed E-state index contributed by atoms with van der Waals surface area (Å²) in [7, 11) is 0. The van der Waals surface area contributed by atoms with Gasteiger partial charge in [0.05, 0.1) is 34.8 Å². The highest BCUT2D eigenvalue weighted by Gasteiger charge is 2.49. The van der Waals surface area contributed by atoms with Crippen molar-refractivity contribution in [1.82, 2.24) is 19.9 Å². The van der Waals surface area contributed by atoms with Crippen LogP contribution in [-0.4, -0.2) is 82.2 Å². The van der Waals surface area contributed by atoms with Gasteiger partial charge in [-0.2, -0.15) is 9.97 Å². The number of terminal acetylenes is 1. The molecule has 3 atom stereocenters. The normalized spacial score (nSPS) is 24.7. The number of pyridine rings is 1. The molecule has 2 aromatic heterocycles. The first kappa shape index (κ1) is 29.3. The molecule has 0 saturated carbocycles. The maximum Gasteiger partial charge on any atom is 0.319 e. The summed E-state index contributed by atoms with van der Waals surface area (Å²) < 4.78 is 58.7. The van der Waals surface area contributed by atoms with Crippen LogP contribution in [0.3, 0.4) is 0 Å². The maximum absolute atomic E-state index is 17.1. The summed E-state index contributed by atoms with van der Waals surface area (Å²) in [6, 6.07) is 5.59. The molecule has 4 aliphatic rings. The highest BCUT2D eigenvalue weighted by atomic mass is 19.1. The van der Waals surface area contributed by atoms with Gasteiger partial charge in [0.15, 0.2) is 5.82 Å². The number of nitrogens with zero attached hydrogens (tertiary/aromatic N) is 5. The number of aromatic hydroxyl groups is 1. The summed E-state index contributed by atoms with van der Waals surface area (Å²) in [5.41, 5.74) is 0.226. The van der Waals surface area contributed by atoms with E-state index in [-0.39, 0.29) is 52.1 Å². The number of anilines is 1. The molecule has 1 unspecified atom stereocenters. The lowest BCUT2D eigenvalue weighted by molar-refractivity contribution is 0.107. The zero-order valence-corrected chi connectivity index (χ0v) is 25.4. The van der Waals surface area contributed by atoms with Gasteiger partial charge in [-0.3, -0.25) is 4.90 Å². The summed E-state index contributed by atoms with van der Waals surface area (Å²) in [6.45, 7) is 3.19. The van der Waals surface area contributed by atoms with Crippen molar-refractivity contribution in [3.63, 3.8) is 0 Å². The number of fused-ring (bicyclic) bond motifs is 4. The van der Waals surface area contributed by atoms with Gasteiger partial charge < -0.3 is 19.5 Å². The molecule has 3 fully saturated rings. The van der Waals surface area contributed by atoms with Gasteiger partial charge in [0.25, 0.3) is 0 Å². The third-order valence-electron chi connectivity index (χ3n) is 10.2. The number of aryl methyl sites for hydroxylation is 1. The van der Waals surface area contributed by atoms with Crippen LogP contribution in [-0.2, 0) is 11.2 Å². The Bertz CT molecular complexity index is 1920. The number of hydrogen-bond donors (Lipinski definition) is 1. The fraction of sp³-hybridized carbons (Fsp3) is 0.457. The van der Waals surface area contributed by atoms with Gasteiger partial charge in [-0.25, -0.2) is 18.2 Å². The fourth-order valence-electron chi connectivity index (χ4n) is 8.09. The Morgan fingerprint density at radius 1 is 1.11 bits per heavy atom. The van der Waals surface area contributed by atoms with E-state index in [4.69, 9.17) is 25.9 Å². The van der Waals surface area contributed by atoms with E-state index in [1.165, 1.54) is 24.3 Å². The Balaban J connectivity index is 1.34. The zero-order chi connectivity index (χ0) is 31.6. The predicted octanol–water partition coefficient (Wildman–Crippen LogP) is 5.70. The van der Waals surface area contributed by atoms with E-state index in [1.54, 1.807) is 0 Å². The molecule has 0 amide bonds. The van der Waals surface area contributed by atoms with Crippen LogP contribution in [0.4, 0.5) is 19.0 Å². The largest absolute Gasteiger partial charge is 0.508 e. The highest BCUT2D eigenvalue weighted by molar-refractivity contribution is 6.03. The topological polar surface area (TPSA) is 83.8 Å². The van der Waals surface area contributed by atoms with Crippen LogP contribution in [0.25, 0.3) is 32.9 Å². The molecule has 8 nitrogen and oxygen atoms in total. The van der Waals surface area contributed by atoms with Gasteiger partial charge >= 0.3 is 6.01 Å². The lowest BCUT2D eigenvalue weighted by Gasteiger charge is -2.34. The quantitative estimate of drug-likeness (QED) is 0.288. The second kappa shape index (κ2) is 11.3. The number of phenols is 1. The van der Waals surface area contributed by atoms with E-state index in [9.17, 15) is 13.9 Å². The molecule has 3 saturated heterocycles. The molecule has 0 radical (unpaired) electrons. The van der Waals surface area contributed by atoms with Crippen molar-refractivity contribution in [2.24, 2.45) is 0 Å². The number of ether oxygens (including phenoxy) is 2. The van der Waals surface area contributed by atoms with Gasteiger partial charge in [0.2, 0.25) is 0 Å². The standard InChI is InChI=1S/C35H34F3N5O3/c1-2-24-26(37)9-8-20-14-23(44)15-25(28(20)24)31-30(38)32-29-27(39-31)7-3-6-22-18-45-13-5-12-43(22)33(29)41-34(40-32)46-19-35-10-4-11-42(35)17-21(36)16-35/h1,8-9,14-15,21-22,44H,3-7,10-13,16-19H2/t21-,22?,35+/m1/s1. The molecule has 46 heavy (non-hydrogen) atoms. The smallest absolute Gasteiger partial charge is 0.319 e. The zero-order valence-electron chi connectivity index (χ0n) is 25.4. The Morgan fingerprint density at radius 2 is 2.00 bits per heavy atom. The summed E-state index contributed by atoms with van der Waals surface area (Å²) in [5, 5.41) is 11.9. The van der Waals surface area contributed by atoms with E-state index in [0.717, 1.165) is 38.6 Å². The second-order valence-electron chi connectivity index (χ2n) is 13.0. The molecule has 4 aromatic rings. The summed E-state index contributed by atoms with van der Waals surface area (Å²) in [5.74, 6) is 1.42. The summed E-state index contributed by atoms with van der Waals surface area (Å²) in [4.78, 5) is 18.7. The van der Waals surface area contributed by atoms with Crippen molar-refractivity contribution in [2.45, 2.75) is 62.7 Å². The number of benzene rings is 2. The molecule has 238 valence electrons. The van der Waals surface area contributed by atoms with Crippen LogP contribution < -0.4 is 9.64 Å². The lowest BCUT2D eigenvalue weighted by atomic mass is 9.94. The van der Waals surface area contributed by atoms with Crippen molar-refractivity contribution in [3.8, 4) is 35.4 Å². The number of hydrogen-bond acceptors (Lipinski definition) is 8. The van der Waals surface area contributed by atoms with Gasteiger partial charge in [0, 0.05) is 37.1 Å². The first-order valence-corrected chi connectivity index (χ1v) is 16.0. The monoisotopic (exact) mass is 629 g/mol. The van der Waals surface area contributed by atoms with E-state index in [0.29, 0.717) is 61.4 Å². The Kier molecular flexibility index (Phi) is 7.18. The average molecular weight is 630 g/mol. The van der Waals surface area contributed by atoms with Crippen LogP contribution in [0.15, 0.2) is 24.3 Å². The summed E-state index contributed by atoms with van der Waals surface area (Å²) in [6.07, 6.45) is 9.83. The minimum Gasteiger partial charge on any atom is -0.508 e. The highest BCUT2D eigenvalue weighted by Crippen LogP contribution is 2.43. The van der Waals surface area contributed by atoms with Crippen LogP contribution >= 0.6 is 0 Å². The molecule has 0 aliphatic carbocycles. The van der Waals surface area contributed by atoms with E-state index in [1.807, 2.05) is 0 Å². The Morgan fingerprint density at radius 3 is 2.87 bits per heavy atom. The Labute approximate surface area is 264 Å². The van der Waals surface area contributed by atoms with Crippen LogP contribution in [0, 0.1) is 24.0 Å². The lowest BCUT2D eigenvalue weighted by Crippen LogP contribution is -2.43. The van der Waals surface area contributed by atoms with Crippen LogP contribution in [0.1, 0.15) is 49.8 Å². The van der Waals surface area contributed by atoms with Gasteiger partial charge in [-0.1, -0.05) is 12.0 Å². The van der Waals surface area contributed by atoms with Crippen molar-refractivity contribution >= 4 is 27.5 Å². The van der Waals surface area contributed by atoms with Crippen molar-refractivity contribution in [3.05, 3.63) is 47.2 Å². The van der Waals surface area contributed by atoms with Gasteiger partial charge in [-0.05, 0) is 68.7 Å². The van der Waals surface area contributed by atoms with Crippen molar-refractivity contribution < 1.29 is 27.8 Å². The third-order valence-corrected chi connectivity index (χ3v) is 10.2. The van der Waals surface area contributed by atoms with Crippen molar-refractivity contribution in [2.75, 3.05) is 44.4 Å². The molecule has 11 heteroatoms. The number of halogens is 3. The molecular formula is C35H34F3N5O3. The van der Waals surface area contributed by atoms with Crippen molar-refractivity contribution in [1.29, 1.82) is 0 Å². The first-order chi connectivity index (χ1) is 22.3. The second-order valence-corrected chi connectivity index (χ2v) is 13.0. The first-order valence-electron chi connectivity index (χ1n) is 16.0. The third kappa shape index (κ3) is 4.73. The molecule has 4 aliphatic heterocycles. The molecule has 8 rings (SSSR count). The number of rotatable bonds is 4. The van der Waals surface area contributed by atoms with Crippen LogP contribution in [0.2, 0.25) is 0 Å². The van der Waals surface area contributed by atoms with Gasteiger partial charge in [-0.15, -0.1) is 6.42 Å². The minimum absolute atomic E-state index is 0.00801. The Hall–Kier alpha value is -4.14. The molecule has 0 bridgehead atoms. The average Bonchev–Trinajstić information content (AvgIpc) is 3.46. The molecule has 6 heterocycles. The van der Waals surface area contributed by atoms with E-state index < -0.39 is 23.3 Å². The van der Waals surface area contributed by atoms with E-state index in [2.05, 4.69) is 20.7 Å². The SMILES string of the molecule is C#Cc1c(F)ccc2cc(O)cc(-c3nc4c5c(nc(OC[C@@]67CCCN6C[C@H](F)C7)nc5c3F)N3CCCOCC3CCC4)c12. The number of phenolic OH excluding ortho intramolecular Hbond substituents is 1. The molecule has 2 aromatic carbocycles. The number of alkyl halides is 1. The number of aromatic nitrogens is 3. The summed E-state index contributed by atoms with van der Waals surface area (Å²) >= 11 is 0. The molecule has 0 spiro atoms. The minimum atomic E-state index is -0.920. The maximum atomic E-state index is 17.1. The predicted molar refractivity (Wildman–Crippen MR) is 168 cm³/mol. The molecular weight excluding hydrogens is 595 g/mol.